The van der Waals surface area contributed by atoms with Gasteiger partial charge in [0.2, 0.25) is 5.62 Å². The van der Waals surface area contributed by atoms with Crippen molar-refractivity contribution >= 4 is 43.3 Å². The monoisotopic (exact) mass is 380 g/mol. The van der Waals surface area contributed by atoms with Crippen molar-refractivity contribution < 1.29 is 4.92 Å². The maximum absolute atomic E-state index is 10.8. The van der Waals surface area contributed by atoms with Crippen LogP contribution in [-0.2, 0) is 6.54 Å². The van der Waals surface area contributed by atoms with E-state index in [2.05, 4.69) is 21.9 Å². The summed E-state index contributed by atoms with van der Waals surface area (Å²) in [6.45, 7) is 2.92. The van der Waals surface area contributed by atoms with Crippen LogP contribution in [0.2, 0.25) is 0 Å². The zero-order valence-corrected chi connectivity index (χ0v) is 15.4. The Kier molecular flexibility index (Phi) is 4.59. The van der Waals surface area contributed by atoms with Crippen LogP contribution in [0.15, 0.2) is 47.8 Å². The Morgan fingerprint density at radius 1 is 1.19 bits per heavy atom. The third-order valence-electron chi connectivity index (χ3n) is 4.11. The molecule has 0 atom stereocenters. The number of nitro benzene ring substituents is 1. The Morgan fingerprint density at radius 3 is 2.70 bits per heavy atom. The van der Waals surface area contributed by atoms with Crippen molar-refractivity contribution in [3.63, 3.8) is 0 Å². The normalized spacial score (nSPS) is 12.1. The van der Waals surface area contributed by atoms with Gasteiger partial charge in [0.05, 0.1) is 15.3 Å². The average molecular weight is 380 g/mol. The lowest BCUT2D eigenvalue weighted by atomic mass is 10.3. The lowest BCUT2D eigenvalue weighted by molar-refractivity contribution is -0.384. The summed E-state index contributed by atoms with van der Waals surface area (Å²) in [7, 11) is 0. The van der Waals surface area contributed by atoms with Crippen molar-refractivity contribution in [3.8, 4) is 0 Å². The summed E-state index contributed by atoms with van der Waals surface area (Å²) in [5, 5.41) is 10.8. The van der Waals surface area contributed by atoms with Gasteiger partial charge in [-0.15, -0.1) is 11.3 Å². The number of fused-ring (bicyclic) bond motifs is 3. The molecule has 0 spiro atoms. The van der Waals surface area contributed by atoms with Gasteiger partial charge in [-0.3, -0.25) is 10.1 Å². The molecule has 0 saturated heterocycles. The first-order valence-corrected chi connectivity index (χ1v) is 9.37. The quantitative estimate of drug-likeness (QED) is 0.385. The number of nitrogens with zero attached hydrogens (tertiary/aromatic N) is 6. The number of hydrogen-bond acceptors (Lipinski definition) is 7. The summed E-state index contributed by atoms with van der Waals surface area (Å²) in [6.07, 6.45) is 7.42. The molecular weight excluding hydrogens is 364 g/mol. The molecule has 0 radical (unpaired) electrons. The summed E-state index contributed by atoms with van der Waals surface area (Å²) in [5.74, 6) is 0. The molecular formula is C18H16N6O2S. The van der Waals surface area contributed by atoms with E-state index in [0.717, 1.165) is 40.0 Å². The molecule has 0 bridgehead atoms. The van der Waals surface area contributed by atoms with E-state index in [1.807, 2.05) is 10.8 Å². The molecule has 0 aliphatic rings. The van der Waals surface area contributed by atoms with Gasteiger partial charge in [-0.2, -0.15) is 0 Å². The van der Waals surface area contributed by atoms with E-state index in [-0.39, 0.29) is 5.69 Å². The fourth-order valence-corrected chi connectivity index (χ4v) is 3.72. The summed E-state index contributed by atoms with van der Waals surface area (Å²) >= 11 is 1.56. The SMILES string of the molecule is CCCCn1cc2sc3nccnc3c2nc1=Nc1ccc([N+](=O)[O-])cc1. The van der Waals surface area contributed by atoms with Gasteiger partial charge in [0.1, 0.15) is 15.9 Å². The predicted molar refractivity (Wildman–Crippen MR) is 104 cm³/mol. The molecule has 3 aromatic heterocycles. The number of non-ortho nitro benzene ring substituents is 1. The molecule has 8 nitrogen and oxygen atoms in total. The number of aromatic nitrogens is 4. The summed E-state index contributed by atoms with van der Waals surface area (Å²) in [4.78, 5) is 29.4. The molecule has 0 aliphatic carbocycles. The Labute approximate surface area is 158 Å². The molecule has 9 heteroatoms. The van der Waals surface area contributed by atoms with E-state index in [0.29, 0.717) is 11.3 Å². The van der Waals surface area contributed by atoms with Crippen LogP contribution in [0.1, 0.15) is 19.8 Å². The summed E-state index contributed by atoms with van der Waals surface area (Å²) in [5.41, 5.74) is 2.74. The molecule has 1 aromatic carbocycles. The van der Waals surface area contributed by atoms with Crippen LogP contribution in [0, 0.1) is 10.1 Å². The van der Waals surface area contributed by atoms with Crippen molar-refractivity contribution in [1.29, 1.82) is 0 Å². The van der Waals surface area contributed by atoms with Gasteiger partial charge in [0.15, 0.2) is 0 Å². The molecule has 27 heavy (non-hydrogen) atoms. The molecule has 3 heterocycles. The first kappa shape index (κ1) is 17.2. The fourth-order valence-electron chi connectivity index (χ4n) is 2.74. The zero-order chi connectivity index (χ0) is 18.8. The van der Waals surface area contributed by atoms with Gasteiger partial charge < -0.3 is 4.57 Å². The lowest BCUT2D eigenvalue weighted by Crippen LogP contribution is -2.23. The molecule has 0 saturated carbocycles. The molecule has 4 aromatic rings. The topological polar surface area (TPSA) is 99.1 Å². The minimum absolute atomic E-state index is 0.0373. The highest BCUT2D eigenvalue weighted by Crippen LogP contribution is 2.28. The Bertz CT molecular complexity index is 1200. The molecule has 0 aliphatic heterocycles. The highest BCUT2D eigenvalue weighted by molar-refractivity contribution is 7.25. The average Bonchev–Trinajstić information content (AvgIpc) is 3.04. The first-order valence-electron chi connectivity index (χ1n) is 8.55. The number of hydrogen-bond donors (Lipinski definition) is 0. The second-order valence-electron chi connectivity index (χ2n) is 6.00. The van der Waals surface area contributed by atoms with E-state index in [1.54, 1.807) is 35.9 Å². The Balaban J connectivity index is 1.89. The van der Waals surface area contributed by atoms with Crippen molar-refractivity contribution in [3.05, 3.63) is 58.6 Å². The lowest BCUT2D eigenvalue weighted by Gasteiger charge is -2.06. The van der Waals surface area contributed by atoms with Gasteiger partial charge in [0.25, 0.3) is 5.69 Å². The number of nitro groups is 1. The Hall–Kier alpha value is -3.20. The van der Waals surface area contributed by atoms with E-state index < -0.39 is 4.92 Å². The van der Waals surface area contributed by atoms with Crippen molar-refractivity contribution in [1.82, 2.24) is 19.5 Å². The highest BCUT2D eigenvalue weighted by Gasteiger charge is 2.11. The van der Waals surface area contributed by atoms with Crippen LogP contribution in [-0.4, -0.2) is 24.4 Å². The first-order chi connectivity index (χ1) is 13.2. The molecule has 0 fully saturated rings. The van der Waals surface area contributed by atoms with Crippen LogP contribution in [0.5, 0.6) is 0 Å². The minimum Gasteiger partial charge on any atom is -0.316 e. The smallest absolute Gasteiger partial charge is 0.269 e. The third-order valence-corrected chi connectivity index (χ3v) is 5.12. The maximum Gasteiger partial charge on any atom is 0.269 e. The molecule has 4 rings (SSSR count). The van der Waals surface area contributed by atoms with E-state index in [1.165, 1.54) is 12.1 Å². The summed E-state index contributed by atoms with van der Waals surface area (Å²) < 4.78 is 3.03. The van der Waals surface area contributed by atoms with Gasteiger partial charge in [-0.25, -0.2) is 19.9 Å². The largest absolute Gasteiger partial charge is 0.316 e. The summed E-state index contributed by atoms with van der Waals surface area (Å²) in [6, 6.07) is 6.14. The number of unbranched alkanes of at least 4 members (excludes halogenated alkanes) is 1. The number of benzene rings is 1. The second-order valence-corrected chi connectivity index (χ2v) is 7.03. The van der Waals surface area contributed by atoms with Gasteiger partial charge in [0, 0.05) is 37.3 Å². The van der Waals surface area contributed by atoms with E-state index in [9.17, 15) is 10.1 Å². The Morgan fingerprint density at radius 2 is 1.96 bits per heavy atom. The molecule has 0 amide bonds. The van der Waals surface area contributed by atoms with E-state index in [4.69, 9.17) is 4.98 Å². The van der Waals surface area contributed by atoms with Crippen LogP contribution >= 0.6 is 11.3 Å². The third kappa shape index (κ3) is 3.41. The molecule has 0 N–H and O–H groups in total. The highest BCUT2D eigenvalue weighted by atomic mass is 32.1. The van der Waals surface area contributed by atoms with Crippen molar-refractivity contribution in [2.75, 3.05) is 0 Å². The number of aryl methyl sites for hydroxylation is 1. The van der Waals surface area contributed by atoms with Crippen LogP contribution < -0.4 is 5.62 Å². The van der Waals surface area contributed by atoms with Gasteiger partial charge in [-0.05, 0) is 18.6 Å². The second kappa shape index (κ2) is 7.20. The zero-order valence-electron chi connectivity index (χ0n) is 14.6. The van der Waals surface area contributed by atoms with Gasteiger partial charge in [-0.1, -0.05) is 13.3 Å². The van der Waals surface area contributed by atoms with Gasteiger partial charge >= 0.3 is 0 Å². The molecule has 0 unspecified atom stereocenters. The maximum atomic E-state index is 10.8. The van der Waals surface area contributed by atoms with Crippen LogP contribution in [0.25, 0.3) is 20.6 Å². The van der Waals surface area contributed by atoms with Crippen molar-refractivity contribution in [2.24, 2.45) is 4.99 Å². The molecule has 136 valence electrons. The van der Waals surface area contributed by atoms with E-state index >= 15 is 0 Å². The van der Waals surface area contributed by atoms with Crippen LogP contribution in [0.3, 0.4) is 0 Å². The fraction of sp³-hybridized carbons (Fsp3) is 0.222. The van der Waals surface area contributed by atoms with Crippen molar-refractivity contribution in [2.45, 2.75) is 26.3 Å². The number of thiophene rings is 1. The standard InChI is InChI=1S/C18H16N6O2S/c1-2-3-10-23-11-14-15(16-17(27-14)20-9-8-19-16)22-18(23)21-12-4-6-13(7-5-12)24(25)26/h4-9,11H,2-3,10H2,1H3. The minimum atomic E-state index is -0.425. The predicted octanol–water partition coefficient (Wildman–Crippen LogP) is 3.98. The van der Waals surface area contributed by atoms with Crippen LogP contribution in [0.4, 0.5) is 11.4 Å². The number of rotatable bonds is 5.